The van der Waals surface area contributed by atoms with E-state index in [1.807, 2.05) is 6.07 Å². The van der Waals surface area contributed by atoms with Crippen molar-refractivity contribution in [1.29, 1.82) is 5.26 Å². The van der Waals surface area contributed by atoms with Crippen LogP contribution in [0.15, 0.2) is 42.5 Å². The molecule has 2 aromatic carbocycles. The Morgan fingerprint density at radius 1 is 0.793 bits per heavy atom. The first-order valence-corrected chi connectivity index (χ1v) is 7.75. The maximum absolute atomic E-state index is 12.4. The van der Waals surface area contributed by atoms with Gasteiger partial charge in [0.15, 0.2) is 0 Å². The average Bonchev–Trinajstić information content (AvgIpc) is 2.68. The van der Waals surface area contributed by atoms with Crippen LogP contribution in [0.25, 0.3) is 0 Å². The first-order valence-electron chi connectivity index (χ1n) is 7.75. The lowest BCUT2D eigenvalue weighted by atomic mass is 10.1. The number of carboxylic acids is 2. The number of anilines is 3. The number of rotatable bonds is 4. The van der Waals surface area contributed by atoms with Crippen molar-refractivity contribution in [1.82, 2.24) is 0 Å². The van der Waals surface area contributed by atoms with E-state index in [2.05, 4.69) is 16.0 Å². The first kappa shape index (κ1) is 20.6. The van der Waals surface area contributed by atoms with Gasteiger partial charge in [-0.15, -0.1) is 0 Å². The summed E-state index contributed by atoms with van der Waals surface area (Å²) in [7, 11) is 0. The highest BCUT2D eigenvalue weighted by molar-refractivity contribution is 6.37. The van der Waals surface area contributed by atoms with Gasteiger partial charge in [0.1, 0.15) is 6.07 Å². The molecule has 0 bridgehead atoms. The smallest absolute Gasteiger partial charge is 0.394 e. The number of carbonyl (C=O) groups is 5. The Morgan fingerprint density at radius 3 is 1.93 bits per heavy atom. The van der Waals surface area contributed by atoms with Crippen molar-refractivity contribution >= 4 is 46.7 Å². The Kier molecular flexibility index (Phi) is 6.23. The van der Waals surface area contributed by atoms with E-state index in [1.54, 1.807) is 0 Å². The average molecular weight is 396 g/mol. The highest BCUT2D eigenvalue weighted by Crippen LogP contribution is 2.21. The number of nitriles is 1. The van der Waals surface area contributed by atoms with E-state index in [0.29, 0.717) is 0 Å². The van der Waals surface area contributed by atoms with Crippen LogP contribution in [0.5, 0.6) is 0 Å². The van der Waals surface area contributed by atoms with Gasteiger partial charge in [0.25, 0.3) is 5.91 Å². The molecule has 146 valence electrons. The zero-order chi connectivity index (χ0) is 21.6. The van der Waals surface area contributed by atoms with E-state index < -0.39 is 29.7 Å². The fourth-order valence-corrected chi connectivity index (χ4v) is 2.13. The largest absolute Gasteiger partial charge is 0.474 e. The number of nitrogens with zero attached hydrogens (tertiary/aromatic N) is 1. The molecule has 0 aliphatic rings. The molecular weight excluding hydrogens is 384 g/mol. The second-order valence-corrected chi connectivity index (χ2v) is 5.43. The molecule has 11 nitrogen and oxygen atoms in total. The van der Waals surface area contributed by atoms with E-state index in [9.17, 15) is 29.2 Å². The number of benzene rings is 2. The maximum atomic E-state index is 12.4. The van der Waals surface area contributed by atoms with Crippen LogP contribution in [0, 0.1) is 11.3 Å². The molecule has 0 atom stereocenters. The number of carboxylic acid groups (broad SMARTS) is 2. The molecule has 3 amide bonds. The Balaban J connectivity index is 2.19. The van der Waals surface area contributed by atoms with Crippen LogP contribution in [0.2, 0.25) is 0 Å². The van der Waals surface area contributed by atoms with Crippen molar-refractivity contribution in [2.75, 3.05) is 16.0 Å². The minimum absolute atomic E-state index is 0.0446. The van der Waals surface area contributed by atoms with Gasteiger partial charge < -0.3 is 26.2 Å². The van der Waals surface area contributed by atoms with Crippen molar-refractivity contribution in [2.45, 2.75) is 0 Å². The third kappa shape index (κ3) is 5.38. The molecule has 0 aliphatic heterocycles. The Labute approximate surface area is 162 Å². The fraction of sp³-hybridized carbons (Fsp3) is 0. The van der Waals surface area contributed by atoms with E-state index >= 15 is 0 Å². The molecule has 0 aliphatic carbocycles. The van der Waals surface area contributed by atoms with Crippen LogP contribution < -0.4 is 16.0 Å². The summed E-state index contributed by atoms with van der Waals surface area (Å²) in [6.45, 7) is 0. The molecule has 0 radical (unpaired) electrons. The molecule has 0 unspecified atom stereocenters. The van der Waals surface area contributed by atoms with Crippen molar-refractivity contribution in [3.8, 4) is 6.07 Å². The van der Waals surface area contributed by atoms with Gasteiger partial charge in [-0.25, -0.2) is 9.59 Å². The van der Waals surface area contributed by atoms with E-state index in [-0.39, 0.29) is 28.2 Å². The number of hydrogen-bond donors (Lipinski definition) is 5. The van der Waals surface area contributed by atoms with Crippen LogP contribution >= 0.6 is 0 Å². The zero-order valence-electron chi connectivity index (χ0n) is 14.4. The summed E-state index contributed by atoms with van der Waals surface area (Å²) in [5.74, 6) is -6.60. The molecule has 5 N–H and O–H groups in total. The molecule has 0 fully saturated rings. The van der Waals surface area contributed by atoms with Crippen LogP contribution in [0.3, 0.4) is 0 Å². The Bertz CT molecular complexity index is 1070. The number of aliphatic carboxylic acids is 2. The summed E-state index contributed by atoms with van der Waals surface area (Å²) in [6.07, 6.45) is 0. The highest BCUT2D eigenvalue weighted by atomic mass is 16.4. The summed E-state index contributed by atoms with van der Waals surface area (Å²) in [6, 6.07) is 11.0. The molecular formula is C18H12N4O7. The quantitative estimate of drug-likeness (QED) is 0.471. The third-order valence-electron chi connectivity index (χ3n) is 3.42. The topological polar surface area (TPSA) is 186 Å². The number of nitrogens with one attached hydrogen (secondary N) is 3. The molecule has 0 saturated carbocycles. The van der Waals surface area contributed by atoms with Crippen LogP contribution in [0.4, 0.5) is 17.1 Å². The SMILES string of the molecule is N#Cc1cc(NC(=O)C(=O)O)ccc1NC(=O)c1cccc(NC(=O)C(=O)O)c1. The monoisotopic (exact) mass is 396 g/mol. The molecule has 0 saturated heterocycles. The van der Waals surface area contributed by atoms with Gasteiger partial charge in [0.2, 0.25) is 0 Å². The first-order chi connectivity index (χ1) is 13.7. The number of carbonyl (C=O) groups excluding carboxylic acids is 3. The summed E-state index contributed by atoms with van der Waals surface area (Å²) in [4.78, 5) is 55.9. The van der Waals surface area contributed by atoms with Crippen molar-refractivity contribution in [2.24, 2.45) is 0 Å². The zero-order valence-corrected chi connectivity index (χ0v) is 14.4. The lowest BCUT2D eigenvalue weighted by Crippen LogP contribution is -2.22. The van der Waals surface area contributed by atoms with Gasteiger partial charge in [-0.3, -0.25) is 14.4 Å². The second kappa shape index (κ2) is 8.78. The van der Waals surface area contributed by atoms with Gasteiger partial charge in [-0.2, -0.15) is 5.26 Å². The van der Waals surface area contributed by atoms with Crippen LogP contribution in [-0.4, -0.2) is 39.9 Å². The molecule has 0 spiro atoms. The maximum Gasteiger partial charge on any atom is 0.394 e. The van der Waals surface area contributed by atoms with Crippen LogP contribution in [0.1, 0.15) is 15.9 Å². The van der Waals surface area contributed by atoms with E-state index in [1.165, 1.54) is 42.5 Å². The van der Waals surface area contributed by atoms with Gasteiger partial charge >= 0.3 is 23.8 Å². The molecule has 29 heavy (non-hydrogen) atoms. The second-order valence-electron chi connectivity index (χ2n) is 5.43. The van der Waals surface area contributed by atoms with E-state index in [4.69, 9.17) is 10.2 Å². The molecule has 2 rings (SSSR count). The molecule has 11 heteroatoms. The fourth-order valence-electron chi connectivity index (χ4n) is 2.13. The number of amides is 3. The van der Waals surface area contributed by atoms with Gasteiger partial charge in [0.05, 0.1) is 11.3 Å². The van der Waals surface area contributed by atoms with Crippen molar-refractivity contribution < 1.29 is 34.2 Å². The predicted molar refractivity (Wildman–Crippen MR) is 98.1 cm³/mol. The lowest BCUT2D eigenvalue weighted by Gasteiger charge is -2.10. The van der Waals surface area contributed by atoms with Gasteiger partial charge in [0, 0.05) is 16.9 Å². The summed E-state index contributed by atoms with van der Waals surface area (Å²) < 4.78 is 0. The van der Waals surface area contributed by atoms with Crippen LogP contribution in [-0.2, 0) is 19.2 Å². The number of hydrogen-bond acceptors (Lipinski definition) is 6. The summed E-state index contributed by atoms with van der Waals surface area (Å²) in [5, 5.41) is 33.1. The third-order valence-corrected chi connectivity index (χ3v) is 3.42. The minimum Gasteiger partial charge on any atom is -0.474 e. The standard InChI is InChI=1S/C18H12N4O7/c19-8-10-7-12(21-16(25)18(28)29)4-5-13(10)22-14(23)9-2-1-3-11(6-9)20-15(24)17(26)27/h1-7H,(H,20,24)(H,21,25)(H,22,23)(H,26,27)(H,28,29). The van der Waals surface area contributed by atoms with Gasteiger partial charge in [-0.05, 0) is 36.4 Å². The summed E-state index contributed by atoms with van der Waals surface area (Å²) in [5.41, 5.74) is 0.241. The van der Waals surface area contributed by atoms with E-state index in [0.717, 1.165) is 0 Å². The normalized spacial score (nSPS) is 9.62. The lowest BCUT2D eigenvalue weighted by molar-refractivity contribution is -0.147. The van der Waals surface area contributed by atoms with Crippen molar-refractivity contribution in [3.05, 3.63) is 53.6 Å². The predicted octanol–water partition coefficient (Wildman–Crippen LogP) is 0.857. The molecule has 0 heterocycles. The van der Waals surface area contributed by atoms with Crippen molar-refractivity contribution in [3.63, 3.8) is 0 Å². The molecule has 2 aromatic rings. The minimum atomic E-state index is -1.70. The Morgan fingerprint density at radius 2 is 1.38 bits per heavy atom. The Hall–Kier alpha value is -4.72. The highest BCUT2D eigenvalue weighted by Gasteiger charge is 2.15. The van der Waals surface area contributed by atoms with Gasteiger partial charge in [-0.1, -0.05) is 6.07 Å². The summed E-state index contributed by atoms with van der Waals surface area (Å²) >= 11 is 0. The molecule has 0 aromatic heterocycles.